The highest BCUT2D eigenvalue weighted by atomic mass is 19.1. The number of hydrogen-bond donors (Lipinski definition) is 0. The Morgan fingerprint density at radius 2 is 1.91 bits per heavy atom. The van der Waals surface area contributed by atoms with Gasteiger partial charge in [0.1, 0.15) is 11.6 Å². The highest BCUT2D eigenvalue weighted by molar-refractivity contribution is 5.94. The first-order valence-electron chi connectivity index (χ1n) is 7.51. The maximum atomic E-state index is 12.8. The molecule has 0 aromatic heterocycles. The van der Waals surface area contributed by atoms with Crippen molar-refractivity contribution in [1.82, 2.24) is 0 Å². The van der Waals surface area contributed by atoms with Gasteiger partial charge in [-0.3, -0.25) is 4.79 Å². The molecule has 3 rings (SSSR count). The predicted molar refractivity (Wildman–Crippen MR) is 83.6 cm³/mol. The number of ether oxygens (including phenoxy) is 1. The number of carbonyl (C=O) groups excluding carboxylic acids is 1. The first-order valence-corrected chi connectivity index (χ1v) is 7.51. The average molecular weight is 299 g/mol. The summed E-state index contributed by atoms with van der Waals surface area (Å²) in [6.45, 7) is 1.05. The van der Waals surface area contributed by atoms with Crippen LogP contribution in [0.2, 0.25) is 0 Å². The fraction of sp³-hybridized carbons (Fsp3) is 0.278. The molecule has 114 valence electrons. The fourth-order valence-electron chi connectivity index (χ4n) is 2.71. The minimum absolute atomic E-state index is 0.0641. The van der Waals surface area contributed by atoms with Crippen LogP contribution in [0.4, 0.5) is 10.1 Å². The second kappa shape index (κ2) is 6.60. The van der Waals surface area contributed by atoms with Gasteiger partial charge < -0.3 is 9.64 Å². The molecule has 0 saturated carbocycles. The third-order valence-electron chi connectivity index (χ3n) is 3.81. The largest absolute Gasteiger partial charge is 0.493 e. The lowest BCUT2D eigenvalue weighted by atomic mass is 10.0. The van der Waals surface area contributed by atoms with Crippen LogP contribution >= 0.6 is 0 Å². The zero-order valence-corrected chi connectivity index (χ0v) is 12.3. The van der Waals surface area contributed by atoms with Crippen LogP contribution in [-0.4, -0.2) is 19.1 Å². The average Bonchev–Trinajstić information content (AvgIpc) is 2.56. The molecule has 0 fully saturated rings. The maximum absolute atomic E-state index is 12.8. The van der Waals surface area contributed by atoms with E-state index in [1.165, 1.54) is 17.7 Å². The van der Waals surface area contributed by atoms with E-state index in [0.717, 1.165) is 25.1 Å². The Morgan fingerprint density at radius 1 is 1.14 bits per heavy atom. The van der Waals surface area contributed by atoms with Crippen LogP contribution in [-0.2, 0) is 11.2 Å². The van der Waals surface area contributed by atoms with Gasteiger partial charge in [0.05, 0.1) is 13.0 Å². The van der Waals surface area contributed by atoms with Crippen LogP contribution in [0.1, 0.15) is 18.4 Å². The van der Waals surface area contributed by atoms with Gasteiger partial charge in [0.2, 0.25) is 5.91 Å². The van der Waals surface area contributed by atoms with Gasteiger partial charge in [-0.1, -0.05) is 18.2 Å². The fourth-order valence-corrected chi connectivity index (χ4v) is 2.71. The number of nitrogens with zero attached hydrogens (tertiary/aromatic N) is 1. The molecule has 4 heteroatoms. The molecule has 0 aliphatic carbocycles. The molecule has 0 spiro atoms. The Kier molecular flexibility index (Phi) is 4.37. The number of benzene rings is 2. The van der Waals surface area contributed by atoms with Crippen molar-refractivity contribution in [2.24, 2.45) is 0 Å². The Morgan fingerprint density at radius 3 is 2.73 bits per heavy atom. The smallest absolute Gasteiger partial charge is 0.230 e. The number of para-hydroxylation sites is 1. The number of rotatable bonds is 4. The van der Waals surface area contributed by atoms with Crippen LogP contribution in [0.15, 0.2) is 48.5 Å². The monoisotopic (exact) mass is 299 g/mol. The van der Waals surface area contributed by atoms with Crippen molar-refractivity contribution < 1.29 is 13.9 Å². The Balaban J connectivity index is 1.58. The highest BCUT2D eigenvalue weighted by Crippen LogP contribution is 2.27. The molecule has 1 amide bonds. The van der Waals surface area contributed by atoms with E-state index in [9.17, 15) is 9.18 Å². The van der Waals surface area contributed by atoms with E-state index in [2.05, 4.69) is 6.07 Å². The van der Waals surface area contributed by atoms with E-state index in [4.69, 9.17) is 4.74 Å². The summed E-state index contributed by atoms with van der Waals surface area (Å²) < 4.78 is 18.3. The van der Waals surface area contributed by atoms with Crippen molar-refractivity contribution in [2.75, 3.05) is 18.1 Å². The lowest BCUT2D eigenvalue weighted by Crippen LogP contribution is -2.36. The molecule has 0 atom stereocenters. The molecule has 2 aromatic rings. The van der Waals surface area contributed by atoms with Crippen molar-refractivity contribution in [3.05, 3.63) is 59.9 Å². The van der Waals surface area contributed by atoms with Crippen LogP contribution in [0.5, 0.6) is 5.75 Å². The normalized spacial score (nSPS) is 13.6. The molecule has 1 aliphatic rings. The van der Waals surface area contributed by atoms with E-state index >= 15 is 0 Å². The molecule has 0 N–H and O–H groups in total. The van der Waals surface area contributed by atoms with Crippen molar-refractivity contribution in [3.8, 4) is 5.75 Å². The van der Waals surface area contributed by atoms with E-state index in [1.807, 2.05) is 23.1 Å². The Bertz CT molecular complexity index is 654. The summed E-state index contributed by atoms with van der Waals surface area (Å²) >= 11 is 0. The summed E-state index contributed by atoms with van der Waals surface area (Å²) in [6.07, 6.45) is 2.32. The molecular formula is C18H18FNO2. The quantitative estimate of drug-likeness (QED) is 0.863. The summed E-state index contributed by atoms with van der Waals surface area (Å²) in [5, 5.41) is 0. The van der Waals surface area contributed by atoms with E-state index in [-0.39, 0.29) is 11.7 Å². The van der Waals surface area contributed by atoms with E-state index in [1.54, 1.807) is 12.1 Å². The van der Waals surface area contributed by atoms with Crippen molar-refractivity contribution >= 4 is 11.6 Å². The molecule has 1 heterocycles. The number of aryl methyl sites for hydroxylation is 1. The third kappa shape index (κ3) is 3.27. The standard InChI is InChI=1S/C18H18FNO2/c19-15-7-9-16(10-8-15)22-13-11-18(21)20-12-3-5-14-4-1-2-6-17(14)20/h1-2,4,6-10H,3,5,11-13H2. The number of halogens is 1. The summed E-state index contributed by atoms with van der Waals surface area (Å²) in [7, 11) is 0. The highest BCUT2D eigenvalue weighted by Gasteiger charge is 2.21. The zero-order chi connectivity index (χ0) is 15.4. The van der Waals surface area contributed by atoms with Crippen molar-refractivity contribution in [1.29, 1.82) is 0 Å². The minimum Gasteiger partial charge on any atom is -0.493 e. The van der Waals surface area contributed by atoms with Gasteiger partial charge in [0.25, 0.3) is 0 Å². The van der Waals surface area contributed by atoms with Crippen LogP contribution in [0.25, 0.3) is 0 Å². The zero-order valence-electron chi connectivity index (χ0n) is 12.3. The lowest BCUT2D eigenvalue weighted by Gasteiger charge is -2.29. The second-order valence-electron chi connectivity index (χ2n) is 5.33. The van der Waals surface area contributed by atoms with Gasteiger partial charge in [-0.05, 0) is 48.7 Å². The molecule has 2 aromatic carbocycles. The minimum atomic E-state index is -0.298. The van der Waals surface area contributed by atoms with Crippen LogP contribution in [0.3, 0.4) is 0 Å². The SMILES string of the molecule is O=C(CCOc1ccc(F)cc1)N1CCCc2ccccc21. The van der Waals surface area contributed by atoms with Gasteiger partial charge in [0.15, 0.2) is 0 Å². The Hall–Kier alpha value is -2.36. The summed E-state index contributed by atoms with van der Waals surface area (Å²) in [5.41, 5.74) is 2.24. The number of hydrogen-bond acceptors (Lipinski definition) is 2. The second-order valence-corrected chi connectivity index (χ2v) is 5.33. The predicted octanol–water partition coefficient (Wildman–Crippen LogP) is 3.57. The number of fused-ring (bicyclic) bond motifs is 1. The van der Waals surface area contributed by atoms with Gasteiger partial charge in [-0.2, -0.15) is 0 Å². The Labute approximate surface area is 129 Å². The first kappa shape index (κ1) is 14.6. The van der Waals surface area contributed by atoms with E-state index in [0.29, 0.717) is 18.8 Å². The molecule has 3 nitrogen and oxygen atoms in total. The molecule has 0 bridgehead atoms. The topological polar surface area (TPSA) is 29.5 Å². The molecular weight excluding hydrogens is 281 g/mol. The van der Waals surface area contributed by atoms with Gasteiger partial charge in [-0.25, -0.2) is 4.39 Å². The lowest BCUT2D eigenvalue weighted by molar-refractivity contribution is -0.119. The van der Waals surface area contributed by atoms with Crippen LogP contribution in [0, 0.1) is 5.82 Å². The van der Waals surface area contributed by atoms with Gasteiger partial charge in [-0.15, -0.1) is 0 Å². The maximum Gasteiger partial charge on any atom is 0.230 e. The van der Waals surface area contributed by atoms with Crippen molar-refractivity contribution in [3.63, 3.8) is 0 Å². The summed E-state index contributed by atoms with van der Waals surface area (Å²) in [4.78, 5) is 14.2. The molecule has 0 unspecified atom stereocenters. The number of carbonyl (C=O) groups is 1. The van der Waals surface area contributed by atoms with Crippen LogP contribution < -0.4 is 9.64 Å². The molecule has 0 saturated heterocycles. The molecule has 1 aliphatic heterocycles. The first-order chi connectivity index (χ1) is 10.7. The summed E-state index contributed by atoms with van der Waals surface area (Å²) in [5.74, 6) is 0.343. The molecule has 22 heavy (non-hydrogen) atoms. The van der Waals surface area contributed by atoms with Gasteiger partial charge in [0, 0.05) is 12.2 Å². The third-order valence-corrected chi connectivity index (χ3v) is 3.81. The number of anilines is 1. The molecule has 0 radical (unpaired) electrons. The van der Waals surface area contributed by atoms with E-state index < -0.39 is 0 Å². The van der Waals surface area contributed by atoms with Crippen molar-refractivity contribution in [2.45, 2.75) is 19.3 Å². The van der Waals surface area contributed by atoms with Gasteiger partial charge >= 0.3 is 0 Å². The number of amides is 1. The summed E-state index contributed by atoms with van der Waals surface area (Å²) in [6, 6.07) is 13.9.